The average Bonchev–Trinajstić information content (AvgIpc) is 2.43. The van der Waals surface area contributed by atoms with E-state index in [9.17, 15) is 9.90 Å². The molecule has 1 atom stereocenters. The number of benzene rings is 1. The summed E-state index contributed by atoms with van der Waals surface area (Å²) in [5, 5.41) is 12.5. The maximum atomic E-state index is 12.0. The summed E-state index contributed by atoms with van der Waals surface area (Å²) in [5.74, 6) is -0.195. The van der Waals surface area contributed by atoms with Gasteiger partial charge in [0.2, 0.25) is 5.91 Å². The zero-order valence-corrected chi connectivity index (χ0v) is 11.8. The van der Waals surface area contributed by atoms with Crippen molar-refractivity contribution < 1.29 is 14.6 Å². The minimum absolute atomic E-state index is 0.0351. The number of carbonyl (C=O) groups excluding carboxylic acids is 1. The summed E-state index contributed by atoms with van der Waals surface area (Å²) in [5.41, 5.74) is 6.74. The first-order chi connectivity index (χ1) is 9.60. The molecule has 110 valence electrons. The lowest BCUT2D eigenvalue weighted by molar-refractivity contribution is -0.120. The first-order valence-electron chi connectivity index (χ1n) is 6.37. The zero-order chi connectivity index (χ0) is 14.5. The molecule has 2 rings (SSSR count). The maximum absolute atomic E-state index is 12.0. The van der Waals surface area contributed by atoms with Gasteiger partial charge in [0.25, 0.3) is 0 Å². The van der Waals surface area contributed by atoms with Gasteiger partial charge in [0.15, 0.2) is 0 Å². The summed E-state index contributed by atoms with van der Waals surface area (Å²) in [4.78, 5) is 13.9. The number of rotatable bonds is 4. The van der Waals surface area contributed by atoms with Crippen LogP contribution >= 0.6 is 11.6 Å². The minimum atomic E-state index is -0.195. The van der Waals surface area contributed by atoms with Crippen LogP contribution in [-0.4, -0.2) is 54.9 Å². The predicted molar refractivity (Wildman–Crippen MR) is 77.8 cm³/mol. The largest absolute Gasteiger partial charge is 0.397 e. The Balaban J connectivity index is 1.96. The highest BCUT2D eigenvalue weighted by Crippen LogP contribution is 2.22. The van der Waals surface area contributed by atoms with Crippen LogP contribution in [0.5, 0.6) is 0 Å². The van der Waals surface area contributed by atoms with Gasteiger partial charge in [-0.05, 0) is 18.2 Å². The molecule has 0 aliphatic carbocycles. The molecule has 1 unspecified atom stereocenters. The molecule has 1 aromatic carbocycles. The molecule has 0 spiro atoms. The number of hydrogen-bond donors (Lipinski definition) is 3. The molecule has 1 amide bonds. The second-order valence-corrected chi connectivity index (χ2v) is 5.10. The molecule has 7 heteroatoms. The van der Waals surface area contributed by atoms with E-state index >= 15 is 0 Å². The molecule has 1 aliphatic heterocycles. The smallest absolute Gasteiger partial charge is 0.238 e. The number of nitrogens with one attached hydrogen (secondary N) is 1. The molecule has 1 aliphatic rings. The van der Waals surface area contributed by atoms with Crippen LogP contribution in [0.3, 0.4) is 0 Å². The van der Waals surface area contributed by atoms with Crippen molar-refractivity contribution in [3.8, 4) is 0 Å². The summed E-state index contributed by atoms with van der Waals surface area (Å²) >= 11 is 5.87. The van der Waals surface area contributed by atoms with Gasteiger partial charge in [-0.1, -0.05) is 11.6 Å². The quantitative estimate of drug-likeness (QED) is 0.707. The van der Waals surface area contributed by atoms with Gasteiger partial charge in [-0.25, -0.2) is 0 Å². The number of amides is 1. The number of carbonyl (C=O) groups is 1. The SMILES string of the molecule is Nc1ccc(Cl)cc1NC(=O)CN1CCOCC1CO. The van der Waals surface area contributed by atoms with Gasteiger partial charge >= 0.3 is 0 Å². The molecule has 4 N–H and O–H groups in total. The fourth-order valence-corrected chi connectivity index (χ4v) is 2.25. The molecule has 0 aromatic heterocycles. The van der Waals surface area contributed by atoms with Crippen molar-refractivity contribution >= 4 is 28.9 Å². The normalized spacial score (nSPS) is 19.8. The summed E-state index contributed by atoms with van der Waals surface area (Å²) in [7, 11) is 0. The highest BCUT2D eigenvalue weighted by Gasteiger charge is 2.24. The van der Waals surface area contributed by atoms with Gasteiger partial charge in [-0.15, -0.1) is 0 Å². The van der Waals surface area contributed by atoms with Crippen LogP contribution in [0.4, 0.5) is 11.4 Å². The molecule has 20 heavy (non-hydrogen) atoms. The van der Waals surface area contributed by atoms with Crippen molar-refractivity contribution in [2.24, 2.45) is 0 Å². The van der Waals surface area contributed by atoms with Crippen molar-refractivity contribution in [3.05, 3.63) is 23.2 Å². The van der Waals surface area contributed by atoms with E-state index in [4.69, 9.17) is 22.1 Å². The second-order valence-electron chi connectivity index (χ2n) is 4.66. The van der Waals surface area contributed by atoms with Crippen LogP contribution in [0.1, 0.15) is 0 Å². The molecule has 0 radical (unpaired) electrons. The Bertz CT molecular complexity index is 484. The third-order valence-corrected chi connectivity index (χ3v) is 3.43. The standard InChI is InChI=1S/C13H18ClN3O3/c14-9-1-2-11(15)12(5-9)16-13(19)6-17-3-4-20-8-10(17)7-18/h1-2,5,10,18H,3-4,6-8,15H2,(H,16,19). The van der Waals surface area contributed by atoms with E-state index in [1.54, 1.807) is 18.2 Å². The first kappa shape index (κ1) is 15.1. The number of aliphatic hydroxyl groups is 1. The van der Waals surface area contributed by atoms with E-state index in [-0.39, 0.29) is 25.1 Å². The van der Waals surface area contributed by atoms with E-state index in [0.717, 1.165) is 0 Å². The number of nitrogens with zero attached hydrogens (tertiary/aromatic N) is 1. The molecular weight excluding hydrogens is 282 g/mol. The predicted octanol–water partition coefficient (Wildman–Crippen LogP) is 0.554. The zero-order valence-electron chi connectivity index (χ0n) is 11.0. The third-order valence-electron chi connectivity index (χ3n) is 3.20. The van der Waals surface area contributed by atoms with E-state index in [1.807, 2.05) is 4.90 Å². The van der Waals surface area contributed by atoms with E-state index in [0.29, 0.717) is 36.2 Å². The van der Waals surface area contributed by atoms with E-state index in [1.165, 1.54) is 0 Å². The van der Waals surface area contributed by atoms with Crippen LogP contribution in [0.15, 0.2) is 18.2 Å². The Morgan fingerprint density at radius 2 is 2.40 bits per heavy atom. The number of ether oxygens (including phenoxy) is 1. The molecule has 1 saturated heterocycles. The van der Waals surface area contributed by atoms with Crippen LogP contribution in [0.25, 0.3) is 0 Å². The van der Waals surface area contributed by atoms with Gasteiger partial charge in [0.05, 0.1) is 43.8 Å². The number of morpholine rings is 1. The van der Waals surface area contributed by atoms with Crippen LogP contribution < -0.4 is 11.1 Å². The Kier molecular flexibility index (Phi) is 5.19. The monoisotopic (exact) mass is 299 g/mol. The number of nitrogens with two attached hydrogens (primary N) is 1. The second kappa shape index (κ2) is 6.90. The van der Waals surface area contributed by atoms with Gasteiger partial charge in [0, 0.05) is 11.6 Å². The molecule has 0 saturated carbocycles. The van der Waals surface area contributed by atoms with Crippen LogP contribution in [0, 0.1) is 0 Å². The van der Waals surface area contributed by atoms with Crippen molar-refractivity contribution in [1.29, 1.82) is 0 Å². The van der Waals surface area contributed by atoms with Gasteiger partial charge in [-0.3, -0.25) is 9.69 Å². The van der Waals surface area contributed by atoms with Crippen molar-refractivity contribution in [3.63, 3.8) is 0 Å². The number of halogens is 1. The lowest BCUT2D eigenvalue weighted by atomic mass is 10.2. The number of hydrogen-bond acceptors (Lipinski definition) is 5. The summed E-state index contributed by atoms with van der Waals surface area (Å²) in [6, 6.07) is 4.77. The van der Waals surface area contributed by atoms with Crippen LogP contribution in [-0.2, 0) is 9.53 Å². The number of anilines is 2. The molecular formula is C13H18ClN3O3. The fraction of sp³-hybridized carbons (Fsp3) is 0.462. The lowest BCUT2D eigenvalue weighted by Gasteiger charge is -2.33. The summed E-state index contributed by atoms with van der Waals surface area (Å²) in [6.07, 6.45) is 0. The number of aliphatic hydroxyl groups excluding tert-OH is 1. The Morgan fingerprint density at radius 3 is 3.15 bits per heavy atom. The average molecular weight is 300 g/mol. The van der Waals surface area contributed by atoms with Crippen LogP contribution in [0.2, 0.25) is 5.02 Å². The van der Waals surface area contributed by atoms with Gasteiger partial charge < -0.3 is 20.9 Å². The molecule has 1 heterocycles. The lowest BCUT2D eigenvalue weighted by Crippen LogP contribution is -2.50. The number of nitrogen functional groups attached to an aromatic ring is 1. The topological polar surface area (TPSA) is 87.8 Å². The van der Waals surface area contributed by atoms with Gasteiger partial charge in [0.1, 0.15) is 0 Å². The summed E-state index contributed by atoms with van der Waals surface area (Å²) < 4.78 is 5.27. The first-order valence-corrected chi connectivity index (χ1v) is 6.75. The fourth-order valence-electron chi connectivity index (χ4n) is 2.08. The Hall–Kier alpha value is -1.34. The van der Waals surface area contributed by atoms with Gasteiger partial charge in [-0.2, -0.15) is 0 Å². The van der Waals surface area contributed by atoms with E-state index in [2.05, 4.69) is 5.32 Å². The molecule has 1 aromatic rings. The van der Waals surface area contributed by atoms with Crippen molar-refractivity contribution in [2.45, 2.75) is 6.04 Å². The third kappa shape index (κ3) is 3.83. The van der Waals surface area contributed by atoms with E-state index < -0.39 is 0 Å². The summed E-state index contributed by atoms with van der Waals surface area (Å²) in [6.45, 7) is 1.75. The van der Waals surface area contributed by atoms with Crippen molar-refractivity contribution in [1.82, 2.24) is 4.90 Å². The van der Waals surface area contributed by atoms with Crippen molar-refractivity contribution in [2.75, 3.05) is 44.0 Å². The Morgan fingerprint density at radius 1 is 1.60 bits per heavy atom. The highest BCUT2D eigenvalue weighted by atomic mass is 35.5. The Labute approximate surface area is 122 Å². The molecule has 0 bridgehead atoms. The molecule has 6 nitrogen and oxygen atoms in total. The molecule has 1 fully saturated rings. The maximum Gasteiger partial charge on any atom is 0.238 e. The minimum Gasteiger partial charge on any atom is -0.397 e. The highest BCUT2D eigenvalue weighted by molar-refractivity contribution is 6.31.